The third-order valence-corrected chi connectivity index (χ3v) is 1.71. The molecule has 0 aliphatic carbocycles. The lowest BCUT2D eigenvalue weighted by molar-refractivity contribution is 0.397. The van der Waals surface area contributed by atoms with Crippen molar-refractivity contribution in [1.82, 2.24) is 9.97 Å². The predicted molar refractivity (Wildman–Crippen MR) is 56.6 cm³/mol. The van der Waals surface area contributed by atoms with Gasteiger partial charge >= 0.3 is 0 Å². The van der Waals surface area contributed by atoms with Gasteiger partial charge in [0.25, 0.3) is 0 Å². The van der Waals surface area contributed by atoms with E-state index < -0.39 is 0 Å². The Morgan fingerprint density at radius 2 is 2.14 bits per heavy atom. The third-order valence-electron chi connectivity index (χ3n) is 1.71. The predicted octanol–water partition coefficient (Wildman–Crippen LogP) is 1.86. The molecule has 14 heavy (non-hydrogen) atoms. The summed E-state index contributed by atoms with van der Waals surface area (Å²) < 4.78 is 5.05. The van der Waals surface area contributed by atoms with E-state index in [1.165, 1.54) is 0 Å². The molecule has 4 heteroatoms. The van der Waals surface area contributed by atoms with Gasteiger partial charge in [0, 0.05) is 18.3 Å². The summed E-state index contributed by atoms with van der Waals surface area (Å²) in [6.45, 7) is 7.07. The maximum Gasteiger partial charge on any atom is 0.226 e. The molecule has 0 aliphatic rings. The highest BCUT2D eigenvalue weighted by molar-refractivity contribution is 5.30. The van der Waals surface area contributed by atoms with Crippen molar-refractivity contribution in [2.45, 2.75) is 20.8 Å². The van der Waals surface area contributed by atoms with E-state index >= 15 is 0 Å². The van der Waals surface area contributed by atoms with Gasteiger partial charge in [0.05, 0.1) is 7.11 Å². The Morgan fingerprint density at radius 3 is 2.71 bits per heavy atom. The lowest BCUT2D eigenvalue weighted by Gasteiger charge is -2.08. The fourth-order valence-electron chi connectivity index (χ4n) is 1.02. The van der Waals surface area contributed by atoms with Gasteiger partial charge in [-0.2, -0.15) is 4.98 Å². The van der Waals surface area contributed by atoms with E-state index in [-0.39, 0.29) is 0 Å². The zero-order valence-electron chi connectivity index (χ0n) is 9.16. The Balaban J connectivity index is 2.71. The van der Waals surface area contributed by atoms with Gasteiger partial charge < -0.3 is 10.1 Å². The SMILES string of the molecule is COc1cc(C)nc(NCC(C)C)n1. The Morgan fingerprint density at radius 1 is 1.43 bits per heavy atom. The van der Waals surface area contributed by atoms with E-state index in [0.29, 0.717) is 17.7 Å². The minimum Gasteiger partial charge on any atom is -0.481 e. The topological polar surface area (TPSA) is 47.0 Å². The van der Waals surface area contributed by atoms with Crippen LogP contribution in [0.1, 0.15) is 19.5 Å². The molecule has 1 aromatic rings. The van der Waals surface area contributed by atoms with Gasteiger partial charge in [0.15, 0.2) is 0 Å². The van der Waals surface area contributed by atoms with Crippen molar-refractivity contribution in [3.05, 3.63) is 11.8 Å². The monoisotopic (exact) mass is 195 g/mol. The van der Waals surface area contributed by atoms with Crippen LogP contribution < -0.4 is 10.1 Å². The smallest absolute Gasteiger partial charge is 0.226 e. The molecule has 1 aromatic heterocycles. The molecular weight excluding hydrogens is 178 g/mol. The number of anilines is 1. The Bertz CT molecular complexity index is 299. The van der Waals surface area contributed by atoms with Crippen molar-refractivity contribution in [1.29, 1.82) is 0 Å². The average Bonchev–Trinajstić information content (AvgIpc) is 2.14. The summed E-state index contributed by atoms with van der Waals surface area (Å²) in [6, 6.07) is 1.81. The van der Waals surface area contributed by atoms with E-state index in [1.807, 2.05) is 6.92 Å². The first-order valence-corrected chi connectivity index (χ1v) is 4.75. The second kappa shape index (κ2) is 4.79. The van der Waals surface area contributed by atoms with E-state index in [0.717, 1.165) is 12.2 Å². The summed E-state index contributed by atoms with van der Waals surface area (Å²) in [5, 5.41) is 3.16. The van der Waals surface area contributed by atoms with E-state index in [2.05, 4.69) is 29.1 Å². The molecule has 0 spiro atoms. The molecule has 1 heterocycles. The molecule has 0 saturated heterocycles. The van der Waals surface area contributed by atoms with Crippen LogP contribution in [0.15, 0.2) is 6.07 Å². The van der Waals surface area contributed by atoms with Gasteiger partial charge in [0.2, 0.25) is 11.8 Å². The maximum atomic E-state index is 5.05. The highest BCUT2D eigenvalue weighted by Crippen LogP contribution is 2.11. The van der Waals surface area contributed by atoms with Gasteiger partial charge in [-0.05, 0) is 12.8 Å². The number of rotatable bonds is 4. The van der Waals surface area contributed by atoms with Crippen LogP contribution in [0.5, 0.6) is 5.88 Å². The fraction of sp³-hybridized carbons (Fsp3) is 0.600. The lowest BCUT2D eigenvalue weighted by atomic mass is 10.2. The standard InChI is InChI=1S/C10H17N3O/c1-7(2)6-11-10-12-8(3)5-9(13-10)14-4/h5,7H,6H2,1-4H3,(H,11,12,13). The lowest BCUT2D eigenvalue weighted by Crippen LogP contribution is -2.11. The number of aryl methyl sites for hydroxylation is 1. The number of hydrogen-bond donors (Lipinski definition) is 1. The molecule has 0 aliphatic heterocycles. The van der Waals surface area contributed by atoms with Crippen molar-refractivity contribution in [2.75, 3.05) is 19.0 Å². The van der Waals surface area contributed by atoms with Crippen LogP contribution in [0, 0.1) is 12.8 Å². The first kappa shape index (κ1) is 10.8. The molecule has 78 valence electrons. The van der Waals surface area contributed by atoms with Gasteiger partial charge in [-0.25, -0.2) is 4.98 Å². The first-order chi connectivity index (χ1) is 6.61. The van der Waals surface area contributed by atoms with Crippen LogP contribution in [-0.4, -0.2) is 23.6 Å². The van der Waals surface area contributed by atoms with Crippen LogP contribution in [0.2, 0.25) is 0 Å². The van der Waals surface area contributed by atoms with Crippen LogP contribution in [0.4, 0.5) is 5.95 Å². The quantitative estimate of drug-likeness (QED) is 0.796. The molecule has 0 aromatic carbocycles. The molecule has 4 nitrogen and oxygen atoms in total. The number of aromatic nitrogens is 2. The highest BCUT2D eigenvalue weighted by atomic mass is 16.5. The van der Waals surface area contributed by atoms with E-state index in [4.69, 9.17) is 4.74 Å². The van der Waals surface area contributed by atoms with Crippen molar-refractivity contribution in [2.24, 2.45) is 5.92 Å². The van der Waals surface area contributed by atoms with Crippen molar-refractivity contribution >= 4 is 5.95 Å². The van der Waals surface area contributed by atoms with Crippen molar-refractivity contribution in [3.8, 4) is 5.88 Å². The minimum atomic E-state index is 0.574. The van der Waals surface area contributed by atoms with Crippen molar-refractivity contribution < 1.29 is 4.74 Å². The molecule has 0 unspecified atom stereocenters. The summed E-state index contributed by atoms with van der Waals surface area (Å²) >= 11 is 0. The summed E-state index contributed by atoms with van der Waals surface area (Å²) in [5.74, 6) is 1.81. The molecule has 0 fully saturated rings. The molecular formula is C10H17N3O. The van der Waals surface area contributed by atoms with Crippen LogP contribution >= 0.6 is 0 Å². The van der Waals surface area contributed by atoms with E-state index in [9.17, 15) is 0 Å². The number of hydrogen-bond acceptors (Lipinski definition) is 4. The Kier molecular flexibility index (Phi) is 3.68. The summed E-state index contributed by atoms with van der Waals surface area (Å²) in [7, 11) is 1.61. The maximum absolute atomic E-state index is 5.05. The fourth-order valence-corrected chi connectivity index (χ4v) is 1.02. The summed E-state index contributed by atoms with van der Waals surface area (Å²) in [5.41, 5.74) is 0.906. The second-order valence-electron chi connectivity index (χ2n) is 3.65. The molecule has 0 amide bonds. The van der Waals surface area contributed by atoms with Gasteiger partial charge in [-0.1, -0.05) is 13.8 Å². The molecule has 0 radical (unpaired) electrons. The normalized spacial score (nSPS) is 10.4. The van der Waals surface area contributed by atoms with Crippen LogP contribution in [0.25, 0.3) is 0 Å². The zero-order valence-corrected chi connectivity index (χ0v) is 9.16. The highest BCUT2D eigenvalue weighted by Gasteiger charge is 2.02. The second-order valence-corrected chi connectivity index (χ2v) is 3.65. The number of nitrogens with zero attached hydrogens (tertiary/aromatic N) is 2. The molecule has 0 atom stereocenters. The largest absolute Gasteiger partial charge is 0.481 e. The summed E-state index contributed by atoms with van der Waals surface area (Å²) in [6.07, 6.45) is 0. The van der Waals surface area contributed by atoms with Crippen LogP contribution in [0.3, 0.4) is 0 Å². The Labute approximate surface area is 84.7 Å². The first-order valence-electron chi connectivity index (χ1n) is 4.75. The minimum absolute atomic E-state index is 0.574. The van der Waals surface area contributed by atoms with Crippen molar-refractivity contribution in [3.63, 3.8) is 0 Å². The molecule has 1 N–H and O–H groups in total. The summed E-state index contributed by atoms with van der Waals surface area (Å²) in [4.78, 5) is 8.43. The van der Waals surface area contributed by atoms with Gasteiger partial charge in [-0.3, -0.25) is 0 Å². The number of ether oxygens (including phenoxy) is 1. The van der Waals surface area contributed by atoms with Gasteiger partial charge in [-0.15, -0.1) is 0 Å². The average molecular weight is 195 g/mol. The van der Waals surface area contributed by atoms with E-state index in [1.54, 1.807) is 13.2 Å². The zero-order chi connectivity index (χ0) is 10.6. The number of methoxy groups -OCH3 is 1. The Hall–Kier alpha value is -1.32. The third kappa shape index (κ3) is 3.20. The van der Waals surface area contributed by atoms with Crippen LogP contribution in [-0.2, 0) is 0 Å². The molecule has 0 saturated carbocycles. The molecule has 0 bridgehead atoms. The van der Waals surface area contributed by atoms with Gasteiger partial charge in [0.1, 0.15) is 0 Å². The molecule has 1 rings (SSSR count). The number of nitrogens with one attached hydrogen (secondary N) is 1.